The third-order valence-corrected chi connectivity index (χ3v) is 3.96. The van der Waals surface area contributed by atoms with E-state index in [1.807, 2.05) is 63.2 Å². The van der Waals surface area contributed by atoms with E-state index in [9.17, 15) is 4.79 Å². The molecule has 0 spiro atoms. The maximum atomic E-state index is 12.2. The fraction of sp³-hybridized carbons (Fsp3) is 0.350. The molecular formula is C20H25NO3. The van der Waals surface area contributed by atoms with E-state index in [1.54, 1.807) is 7.11 Å². The minimum atomic E-state index is -0.129. The summed E-state index contributed by atoms with van der Waals surface area (Å²) in [6, 6.07) is 13.6. The maximum absolute atomic E-state index is 12.2. The Morgan fingerprint density at radius 1 is 1.12 bits per heavy atom. The van der Waals surface area contributed by atoms with Crippen LogP contribution in [0.2, 0.25) is 0 Å². The van der Waals surface area contributed by atoms with Crippen LogP contribution in [0.5, 0.6) is 11.5 Å². The van der Waals surface area contributed by atoms with Crippen molar-refractivity contribution in [3.05, 3.63) is 59.2 Å². The molecule has 2 aromatic carbocycles. The number of ether oxygens (including phenoxy) is 2. The molecule has 0 fully saturated rings. The quantitative estimate of drug-likeness (QED) is 0.837. The highest BCUT2D eigenvalue weighted by Gasteiger charge is 2.14. The summed E-state index contributed by atoms with van der Waals surface area (Å²) in [7, 11) is 1.66. The molecule has 1 unspecified atom stereocenters. The molecule has 2 rings (SSSR count). The van der Waals surface area contributed by atoms with Crippen molar-refractivity contribution >= 4 is 5.91 Å². The van der Waals surface area contributed by atoms with Crippen LogP contribution in [-0.4, -0.2) is 19.6 Å². The van der Waals surface area contributed by atoms with Crippen molar-refractivity contribution in [3.8, 4) is 11.5 Å². The zero-order valence-electron chi connectivity index (χ0n) is 14.8. The van der Waals surface area contributed by atoms with E-state index in [0.717, 1.165) is 28.9 Å². The SMILES string of the molecule is CCC(NC(=O)COc1ccc(C)cc1)c1ccc(OC)c(C)c1. The second-order valence-corrected chi connectivity index (χ2v) is 5.86. The van der Waals surface area contributed by atoms with Gasteiger partial charge in [0.25, 0.3) is 5.91 Å². The van der Waals surface area contributed by atoms with Crippen LogP contribution in [0.1, 0.15) is 36.1 Å². The fourth-order valence-corrected chi connectivity index (χ4v) is 2.56. The number of carbonyl (C=O) groups excluding carboxylic acids is 1. The van der Waals surface area contributed by atoms with Crippen LogP contribution in [-0.2, 0) is 4.79 Å². The Kier molecular flexibility index (Phi) is 6.24. The molecule has 0 bridgehead atoms. The first-order valence-electron chi connectivity index (χ1n) is 8.16. The van der Waals surface area contributed by atoms with Gasteiger partial charge >= 0.3 is 0 Å². The number of carbonyl (C=O) groups is 1. The molecule has 0 heterocycles. The standard InChI is InChI=1S/C20H25NO3/c1-5-18(16-8-11-19(23-4)15(3)12-16)21-20(22)13-24-17-9-6-14(2)7-10-17/h6-12,18H,5,13H2,1-4H3,(H,21,22). The predicted octanol–water partition coefficient (Wildman–Crippen LogP) is 3.96. The third kappa shape index (κ3) is 4.75. The van der Waals surface area contributed by atoms with Gasteiger partial charge in [0.15, 0.2) is 6.61 Å². The molecule has 0 aliphatic heterocycles. The van der Waals surface area contributed by atoms with E-state index in [2.05, 4.69) is 5.32 Å². The van der Waals surface area contributed by atoms with Crippen LogP contribution in [0.15, 0.2) is 42.5 Å². The molecule has 4 heteroatoms. The van der Waals surface area contributed by atoms with Crippen molar-refractivity contribution in [2.75, 3.05) is 13.7 Å². The predicted molar refractivity (Wildman–Crippen MR) is 95.6 cm³/mol. The summed E-state index contributed by atoms with van der Waals surface area (Å²) in [6.45, 7) is 6.07. The Labute approximate surface area is 143 Å². The maximum Gasteiger partial charge on any atom is 0.258 e. The van der Waals surface area contributed by atoms with Gasteiger partial charge in [0.05, 0.1) is 13.2 Å². The molecular weight excluding hydrogens is 302 g/mol. The van der Waals surface area contributed by atoms with Crippen LogP contribution in [0.3, 0.4) is 0 Å². The summed E-state index contributed by atoms with van der Waals surface area (Å²) in [4.78, 5) is 12.2. The van der Waals surface area contributed by atoms with Gasteiger partial charge in [0.2, 0.25) is 0 Å². The minimum Gasteiger partial charge on any atom is -0.496 e. The molecule has 24 heavy (non-hydrogen) atoms. The summed E-state index contributed by atoms with van der Waals surface area (Å²) < 4.78 is 10.8. The average Bonchev–Trinajstić information content (AvgIpc) is 2.59. The van der Waals surface area contributed by atoms with Gasteiger partial charge in [-0.05, 0) is 49.6 Å². The highest BCUT2D eigenvalue weighted by atomic mass is 16.5. The topological polar surface area (TPSA) is 47.6 Å². The molecule has 128 valence electrons. The Morgan fingerprint density at radius 2 is 1.83 bits per heavy atom. The smallest absolute Gasteiger partial charge is 0.258 e. The number of methoxy groups -OCH3 is 1. The number of rotatable bonds is 7. The molecule has 0 aliphatic rings. The lowest BCUT2D eigenvalue weighted by Crippen LogP contribution is -2.32. The van der Waals surface area contributed by atoms with Crippen molar-refractivity contribution < 1.29 is 14.3 Å². The molecule has 0 saturated carbocycles. The zero-order chi connectivity index (χ0) is 17.5. The fourth-order valence-electron chi connectivity index (χ4n) is 2.56. The van der Waals surface area contributed by atoms with E-state index in [0.29, 0.717) is 5.75 Å². The average molecular weight is 327 g/mol. The van der Waals surface area contributed by atoms with E-state index in [1.165, 1.54) is 0 Å². The van der Waals surface area contributed by atoms with E-state index < -0.39 is 0 Å². The molecule has 0 radical (unpaired) electrons. The number of benzene rings is 2. The third-order valence-electron chi connectivity index (χ3n) is 3.96. The highest BCUT2D eigenvalue weighted by Crippen LogP contribution is 2.24. The minimum absolute atomic E-state index is 0.00863. The number of amides is 1. The van der Waals surface area contributed by atoms with Crippen molar-refractivity contribution in [1.82, 2.24) is 5.32 Å². The van der Waals surface area contributed by atoms with Gasteiger partial charge in [0.1, 0.15) is 11.5 Å². The van der Waals surface area contributed by atoms with Crippen molar-refractivity contribution in [1.29, 1.82) is 0 Å². The monoisotopic (exact) mass is 327 g/mol. The lowest BCUT2D eigenvalue weighted by molar-refractivity contribution is -0.123. The largest absolute Gasteiger partial charge is 0.496 e. The Bertz CT molecular complexity index is 680. The highest BCUT2D eigenvalue weighted by molar-refractivity contribution is 5.78. The summed E-state index contributed by atoms with van der Waals surface area (Å²) in [6.07, 6.45) is 0.808. The van der Waals surface area contributed by atoms with Crippen LogP contribution in [0, 0.1) is 13.8 Å². The molecule has 1 amide bonds. The lowest BCUT2D eigenvalue weighted by Gasteiger charge is -2.19. The van der Waals surface area contributed by atoms with Crippen molar-refractivity contribution in [3.63, 3.8) is 0 Å². The summed E-state index contributed by atoms with van der Waals surface area (Å²) in [5.41, 5.74) is 3.28. The molecule has 0 aliphatic carbocycles. The Morgan fingerprint density at radius 3 is 2.42 bits per heavy atom. The van der Waals surface area contributed by atoms with Crippen LogP contribution in [0.25, 0.3) is 0 Å². The van der Waals surface area contributed by atoms with E-state index in [4.69, 9.17) is 9.47 Å². The van der Waals surface area contributed by atoms with Gasteiger partial charge in [-0.3, -0.25) is 4.79 Å². The second-order valence-electron chi connectivity index (χ2n) is 5.86. The van der Waals surface area contributed by atoms with Crippen molar-refractivity contribution in [2.45, 2.75) is 33.2 Å². The van der Waals surface area contributed by atoms with Crippen LogP contribution >= 0.6 is 0 Å². The lowest BCUT2D eigenvalue weighted by atomic mass is 10.0. The van der Waals surface area contributed by atoms with Crippen LogP contribution < -0.4 is 14.8 Å². The van der Waals surface area contributed by atoms with Gasteiger partial charge in [-0.1, -0.05) is 36.8 Å². The summed E-state index contributed by atoms with van der Waals surface area (Å²) in [5, 5.41) is 3.02. The first-order valence-corrected chi connectivity index (χ1v) is 8.16. The first kappa shape index (κ1) is 17.9. The Balaban J connectivity index is 1.95. The number of aryl methyl sites for hydroxylation is 2. The number of nitrogens with one attached hydrogen (secondary N) is 1. The molecule has 0 aromatic heterocycles. The molecule has 0 saturated heterocycles. The summed E-state index contributed by atoms with van der Waals surface area (Å²) in [5.74, 6) is 1.42. The molecule has 2 aromatic rings. The van der Waals surface area contributed by atoms with E-state index in [-0.39, 0.29) is 18.6 Å². The van der Waals surface area contributed by atoms with Gasteiger partial charge in [0, 0.05) is 0 Å². The molecule has 4 nitrogen and oxygen atoms in total. The van der Waals surface area contributed by atoms with Crippen molar-refractivity contribution in [2.24, 2.45) is 0 Å². The van der Waals surface area contributed by atoms with Gasteiger partial charge < -0.3 is 14.8 Å². The summed E-state index contributed by atoms with van der Waals surface area (Å²) >= 11 is 0. The Hall–Kier alpha value is -2.49. The molecule has 1 atom stereocenters. The van der Waals surface area contributed by atoms with E-state index >= 15 is 0 Å². The van der Waals surface area contributed by atoms with Gasteiger partial charge in [-0.25, -0.2) is 0 Å². The molecule has 1 N–H and O–H groups in total. The van der Waals surface area contributed by atoms with Gasteiger partial charge in [-0.15, -0.1) is 0 Å². The first-order chi connectivity index (χ1) is 11.5. The second kappa shape index (κ2) is 8.39. The zero-order valence-corrected chi connectivity index (χ0v) is 14.8. The van der Waals surface area contributed by atoms with Gasteiger partial charge in [-0.2, -0.15) is 0 Å². The number of hydrogen-bond donors (Lipinski definition) is 1. The van der Waals surface area contributed by atoms with Crippen LogP contribution in [0.4, 0.5) is 0 Å². The number of hydrogen-bond acceptors (Lipinski definition) is 3. The normalized spacial score (nSPS) is 11.7.